The van der Waals surface area contributed by atoms with Crippen LogP contribution in [0.15, 0.2) is 84.9 Å². The number of aryl methyl sites for hydroxylation is 4. The SMILES string of the molecule is Cc1cc(C)cc(-c2cccc3c2C=CC3C(C)(C)C2C=Cc3c(-c4cc(C)cc(C)c4)cccc32)c1. The van der Waals surface area contributed by atoms with Gasteiger partial charge in [-0.1, -0.05) is 133 Å². The second-order valence-corrected chi connectivity index (χ2v) is 11.9. The van der Waals surface area contributed by atoms with E-state index in [2.05, 4.69) is 139 Å². The topological polar surface area (TPSA) is 0 Å². The fourth-order valence-corrected chi connectivity index (χ4v) is 6.93. The van der Waals surface area contributed by atoms with E-state index in [-0.39, 0.29) is 5.41 Å². The third kappa shape index (κ3) is 4.00. The molecule has 0 amide bonds. The summed E-state index contributed by atoms with van der Waals surface area (Å²) in [6, 6.07) is 27.5. The first-order chi connectivity index (χ1) is 17.7. The summed E-state index contributed by atoms with van der Waals surface area (Å²) in [6.45, 7) is 13.7. The molecule has 0 saturated carbocycles. The molecule has 4 aromatic rings. The lowest BCUT2D eigenvalue weighted by Crippen LogP contribution is -2.26. The quantitative estimate of drug-likeness (QED) is 0.272. The molecule has 6 rings (SSSR count). The first-order valence-corrected chi connectivity index (χ1v) is 13.5. The average molecular weight is 481 g/mol. The summed E-state index contributed by atoms with van der Waals surface area (Å²) in [4.78, 5) is 0. The Balaban J connectivity index is 1.39. The molecular weight excluding hydrogens is 444 g/mol. The molecule has 0 bridgehead atoms. The minimum atomic E-state index is 0.0335. The van der Waals surface area contributed by atoms with Crippen LogP contribution in [0.1, 0.15) is 70.2 Å². The largest absolute Gasteiger partial charge is 0.0758 e. The molecule has 0 aliphatic heterocycles. The van der Waals surface area contributed by atoms with Crippen LogP contribution in [-0.4, -0.2) is 0 Å². The van der Waals surface area contributed by atoms with Gasteiger partial charge in [0.15, 0.2) is 0 Å². The fourth-order valence-electron chi connectivity index (χ4n) is 6.93. The van der Waals surface area contributed by atoms with Gasteiger partial charge in [0.2, 0.25) is 0 Å². The second kappa shape index (κ2) is 8.73. The molecule has 2 aliphatic carbocycles. The number of hydrogen-bond donors (Lipinski definition) is 0. The van der Waals surface area contributed by atoms with Crippen LogP contribution >= 0.6 is 0 Å². The Morgan fingerprint density at radius 3 is 1.27 bits per heavy atom. The first-order valence-electron chi connectivity index (χ1n) is 13.5. The number of fused-ring (bicyclic) bond motifs is 2. The van der Waals surface area contributed by atoms with Gasteiger partial charge in [-0.3, -0.25) is 0 Å². The zero-order valence-electron chi connectivity index (χ0n) is 22.9. The lowest BCUT2D eigenvalue weighted by atomic mass is 9.66. The molecule has 0 radical (unpaired) electrons. The Hall–Kier alpha value is -3.64. The highest BCUT2D eigenvalue weighted by Crippen LogP contribution is 2.55. The molecule has 4 aromatic carbocycles. The van der Waals surface area contributed by atoms with Crippen molar-refractivity contribution in [3.05, 3.63) is 129 Å². The Bertz CT molecular complexity index is 1430. The molecule has 0 heterocycles. The maximum Gasteiger partial charge on any atom is 0.00875 e. The Morgan fingerprint density at radius 1 is 0.514 bits per heavy atom. The van der Waals surface area contributed by atoms with E-state index in [0.717, 1.165) is 0 Å². The summed E-state index contributed by atoms with van der Waals surface area (Å²) in [7, 11) is 0. The van der Waals surface area contributed by atoms with Gasteiger partial charge in [-0.05, 0) is 77.6 Å². The fraction of sp³-hybridized carbons (Fsp3) is 0.243. The molecule has 0 heteroatoms. The van der Waals surface area contributed by atoms with Gasteiger partial charge in [0.25, 0.3) is 0 Å². The summed E-state index contributed by atoms with van der Waals surface area (Å²) in [5.74, 6) is 0.720. The summed E-state index contributed by atoms with van der Waals surface area (Å²) in [5.41, 5.74) is 16.3. The lowest BCUT2D eigenvalue weighted by molar-refractivity contribution is 0.292. The zero-order valence-corrected chi connectivity index (χ0v) is 22.9. The molecule has 2 aliphatic rings. The Morgan fingerprint density at radius 2 is 0.892 bits per heavy atom. The summed E-state index contributed by atoms with van der Waals surface area (Å²) < 4.78 is 0. The highest BCUT2D eigenvalue weighted by atomic mass is 14.4. The molecule has 0 spiro atoms. The van der Waals surface area contributed by atoms with Gasteiger partial charge in [-0.2, -0.15) is 0 Å². The molecule has 0 fully saturated rings. The zero-order chi connectivity index (χ0) is 25.9. The van der Waals surface area contributed by atoms with E-state index >= 15 is 0 Å². The van der Waals surface area contributed by atoms with E-state index in [4.69, 9.17) is 0 Å². The van der Waals surface area contributed by atoms with Gasteiger partial charge in [-0.15, -0.1) is 0 Å². The number of hydrogen-bond acceptors (Lipinski definition) is 0. The molecule has 0 aromatic heterocycles. The van der Waals surface area contributed by atoms with Gasteiger partial charge in [-0.25, -0.2) is 0 Å². The van der Waals surface area contributed by atoms with Crippen molar-refractivity contribution in [2.75, 3.05) is 0 Å². The van der Waals surface area contributed by atoms with Gasteiger partial charge >= 0.3 is 0 Å². The van der Waals surface area contributed by atoms with Crippen LogP contribution in [0.2, 0.25) is 0 Å². The van der Waals surface area contributed by atoms with Crippen molar-refractivity contribution in [1.29, 1.82) is 0 Å². The minimum absolute atomic E-state index is 0.0335. The number of rotatable bonds is 4. The van der Waals surface area contributed by atoms with Gasteiger partial charge < -0.3 is 0 Å². The average Bonchev–Trinajstić information content (AvgIpc) is 3.48. The smallest absolute Gasteiger partial charge is 0.00875 e. The molecule has 2 unspecified atom stereocenters. The third-order valence-corrected chi connectivity index (χ3v) is 8.53. The monoisotopic (exact) mass is 480 g/mol. The number of benzene rings is 4. The van der Waals surface area contributed by atoms with Crippen LogP contribution in [0.3, 0.4) is 0 Å². The van der Waals surface area contributed by atoms with Crippen LogP contribution < -0.4 is 0 Å². The Labute approximate surface area is 222 Å². The maximum absolute atomic E-state index is 2.45. The van der Waals surface area contributed by atoms with Gasteiger partial charge in [0.05, 0.1) is 0 Å². The first kappa shape index (κ1) is 23.7. The van der Waals surface area contributed by atoms with Crippen molar-refractivity contribution in [1.82, 2.24) is 0 Å². The van der Waals surface area contributed by atoms with Gasteiger partial charge in [0.1, 0.15) is 0 Å². The molecule has 37 heavy (non-hydrogen) atoms. The van der Waals surface area contributed by atoms with E-state index in [1.54, 1.807) is 0 Å². The van der Waals surface area contributed by atoms with E-state index in [1.807, 2.05) is 0 Å². The molecule has 2 atom stereocenters. The van der Waals surface area contributed by atoms with Crippen LogP contribution in [-0.2, 0) is 0 Å². The van der Waals surface area contributed by atoms with Crippen molar-refractivity contribution >= 4 is 12.2 Å². The van der Waals surface area contributed by atoms with E-state index in [1.165, 1.54) is 66.8 Å². The third-order valence-electron chi connectivity index (χ3n) is 8.53. The van der Waals surface area contributed by atoms with Crippen molar-refractivity contribution < 1.29 is 0 Å². The van der Waals surface area contributed by atoms with Crippen LogP contribution in [0.5, 0.6) is 0 Å². The normalized spacial score (nSPS) is 17.8. The van der Waals surface area contributed by atoms with Crippen LogP contribution in [0, 0.1) is 33.1 Å². The van der Waals surface area contributed by atoms with E-state index in [9.17, 15) is 0 Å². The standard InChI is InChI=1S/C37H36/c1-23-17-24(2)20-27(19-23)29-9-7-11-33-31(29)13-15-35(33)37(5,6)36-16-14-32-30(10-8-12-34(32)36)28-21-25(3)18-26(4)22-28/h7-22,35-36H,1-6H3. The maximum atomic E-state index is 2.45. The van der Waals surface area contributed by atoms with Crippen LogP contribution in [0.4, 0.5) is 0 Å². The highest BCUT2D eigenvalue weighted by Gasteiger charge is 2.41. The van der Waals surface area contributed by atoms with Crippen LogP contribution in [0.25, 0.3) is 34.4 Å². The van der Waals surface area contributed by atoms with E-state index < -0.39 is 0 Å². The van der Waals surface area contributed by atoms with Crippen molar-refractivity contribution in [3.8, 4) is 22.3 Å². The molecular formula is C37H36. The Kier molecular flexibility index (Phi) is 5.60. The van der Waals surface area contributed by atoms with E-state index in [0.29, 0.717) is 11.8 Å². The van der Waals surface area contributed by atoms with Crippen molar-refractivity contribution in [3.63, 3.8) is 0 Å². The second-order valence-electron chi connectivity index (χ2n) is 11.9. The summed E-state index contributed by atoms with van der Waals surface area (Å²) in [6.07, 6.45) is 9.66. The summed E-state index contributed by atoms with van der Waals surface area (Å²) >= 11 is 0. The lowest BCUT2D eigenvalue weighted by Gasteiger charge is -2.37. The van der Waals surface area contributed by atoms with Crippen molar-refractivity contribution in [2.24, 2.45) is 5.41 Å². The summed E-state index contributed by atoms with van der Waals surface area (Å²) in [5, 5.41) is 0. The molecule has 0 saturated heterocycles. The van der Waals surface area contributed by atoms with Gasteiger partial charge in [0, 0.05) is 11.8 Å². The van der Waals surface area contributed by atoms with Crippen molar-refractivity contribution in [2.45, 2.75) is 53.4 Å². The predicted octanol–water partition coefficient (Wildman–Crippen LogP) is 10.2. The number of allylic oxidation sites excluding steroid dienone is 2. The molecule has 0 N–H and O–H groups in total. The predicted molar refractivity (Wildman–Crippen MR) is 160 cm³/mol. The minimum Gasteiger partial charge on any atom is -0.0758 e. The molecule has 184 valence electrons. The highest BCUT2D eigenvalue weighted by molar-refractivity contribution is 5.83. The molecule has 0 nitrogen and oxygen atoms in total.